The van der Waals surface area contributed by atoms with Gasteiger partial charge in [-0.3, -0.25) is 4.90 Å². The fraction of sp³-hybridized carbons (Fsp3) is 0.355. The fourth-order valence-corrected chi connectivity index (χ4v) is 5.60. The second kappa shape index (κ2) is 11.7. The van der Waals surface area contributed by atoms with E-state index in [0.29, 0.717) is 13.0 Å². The van der Waals surface area contributed by atoms with E-state index in [4.69, 9.17) is 4.74 Å². The number of hydrogen-bond acceptors (Lipinski definition) is 5. The van der Waals surface area contributed by atoms with Crippen LogP contribution in [0.5, 0.6) is 11.5 Å². The van der Waals surface area contributed by atoms with Gasteiger partial charge in [0.05, 0.1) is 0 Å². The van der Waals surface area contributed by atoms with Crippen LogP contribution in [-0.2, 0) is 0 Å². The Morgan fingerprint density at radius 2 is 1.47 bits per heavy atom. The van der Waals surface area contributed by atoms with Crippen molar-refractivity contribution in [3.8, 4) is 11.5 Å². The lowest BCUT2D eigenvalue weighted by atomic mass is 9.87. The first-order chi connectivity index (χ1) is 17.7. The average Bonchev–Trinajstić information content (AvgIpc) is 3.51. The summed E-state index contributed by atoms with van der Waals surface area (Å²) in [7, 11) is 0. The molecule has 5 nitrogen and oxygen atoms in total. The maximum absolute atomic E-state index is 9.88. The number of phenolic OH excluding ortho intramolecular Hbond substituents is 1. The Hall–Kier alpha value is -3.12. The van der Waals surface area contributed by atoms with Gasteiger partial charge in [0.2, 0.25) is 0 Å². The first-order valence-corrected chi connectivity index (χ1v) is 13.1. The van der Waals surface area contributed by atoms with E-state index in [1.54, 1.807) is 12.1 Å². The number of benzene rings is 3. The molecular formula is C31H36N2O3. The van der Waals surface area contributed by atoms with E-state index >= 15 is 0 Å². The molecule has 0 saturated carbocycles. The molecule has 2 heterocycles. The highest BCUT2D eigenvalue weighted by atomic mass is 16.5. The SMILES string of the molecule is OCCC/C(=C(\c1ccc(O)cc1)c1ccc(OCCN2C[C@H]3CNC[C@H]3C2)cc1)c1ccccc1. The van der Waals surface area contributed by atoms with Crippen LogP contribution in [-0.4, -0.2) is 61.1 Å². The second-order valence-electron chi connectivity index (χ2n) is 9.90. The van der Waals surface area contributed by atoms with Gasteiger partial charge >= 0.3 is 0 Å². The Balaban J connectivity index is 1.36. The first kappa shape index (κ1) is 24.6. The van der Waals surface area contributed by atoms with E-state index in [1.165, 1.54) is 18.7 Å². The van der Waals surface area contributed by atoms with Gasteiger partial charge in [-0.1, -0.05) is 54.6 Å². The summed E-state index contributed by atoms with van der Waals surface area (Å²) in [6.45, 7) is 6.47. The molecule has 2 aliphatic rings. The van der Waals surface area contributed by atoms with E-state index < -0.39 is 0 Å². The number of allylic oxidation sites excluding steroid dienone is 1. The molecule has 5 heteroatoms. The van der Waals surface area contributed by atoms with Crippen LogP contribution in [0, 0.1) is 11.8 Å². The van der Waals surface area contributed by atoms with Gasteiger partial charge in [0, 0.05) is 26.2 Å². The molecule has 2 atom stereocenters. The molecule has 3 N–H and O–H groups in total. The van der Waals surface area contributed by atoms with Crippen molar-refractivity contribution in [1.82, 2.24) is 10.2 Å². The van der Waals surface area contributed by atoms with E-state index in [0.717, 1.165) is 65.9 Å². The molecular weight excluding hydrogens is 448 g/mol. The summed E-state index contributed by atoms with van der Waals surface area (Å²) in [5.41, 5.74) is 5.55. The van der Waals surface area contributed by atoms with E-state index in [-0.39, 0.29) is 12.4 Å². The number of ether oxygens (including phenoxy) is 1. The second-order valence-corrected chi connectivity index (χ2v) is 9.90. The van der Waals surface area contributed by atoms with Crippen LogP contribution >= 0.6 is 0 Å². The molecule has 188 valence electrons. The van der Waals surface area contributed by atoms with E-state index in [9.17, 15) is 10.2 Å². The van der Waals surface area contributed by atoms with Crippen molar-refractivity contribution in [2.45, 2.75) is 12.8 Å². The molecule has 3 aromatic rings. The van der Waals surface area contributed by atoms with Crippen molar-refractivity contribution in [3.05, 3.63) is 95.6 Å². The molecule has 2 aliphatic heterocycles. The molecule has 3 aromatic carbocycles. The third-order valence-corrected chi connectivity index (χ3v) is 7.45. The summed E-state index contributed by atoms with van der Waals surface area (Å²) in [4.78, 5) is 2.53. The maximum atomic E-state index is 9.88. The van der Waals surface area contributed by atoms with Crippen LogP contribution in [0.1, 0.15) is 29.5 Å². The summed E-state index contributed by atoms with van der Waals surface area (Å²) < 4.78 is 6.12. The van der Waals surface area contributed by atoms with Crippen molar-refractivity contribution in [3.63, 3.8) is 0 Å². The Labute approximate surface area is 214 Å². The van der Waals surface area contributed by atoms with Crippen LogP contribution in [0.25, 0.3) is 11.1 Å². The maximum Gasteiger partial charge on any atom is 0.119 e. The minimum atomic E-state index is 0.140. The number of nitrogens with zero attached hydrogens (tertiary/aromatic N) is 1. The lowest BCUT2D eigenvalue weighted by molar-refractivity contribution is 0.228. The zero-order valence-corrected chi connectivity index (χ0v) is 20.8. The number of hydrogen-bond donors (Lipinski definition) is 3. The third-order valence-electron chi connectivity index (χ3n) is 7.45. The highest BCUT2D eigenvalue weighted by Gasteiger charge is 2.35. The highest BCUT2D eigenvalue weighted by Crippen LogP contribution is 2.36. The quantitative estimate of drug-likeness (QED) is 0.366. The Morgan fingerprint density at radius 3 is 2.11 bits per heavy atom. The van der Waals surface area contributed by atoms with Crippen molar-refractivity contribution < 1.29 is 14.9 Å². The number of phenols is 1. The van der Waals surface area contributed by atoms with Crippen LogP contribution in [0.15, 0.2) is 78.9 Å². The van der Waals surface area contributed by atoms with Crippen molar-refractivity contribution >= 4 is 11.1 Å². The molecule has 0 amide bonds. The van der Waals surface area contributed by atoms with Gasteiger partial charge in [-0.2, -0.15) is 0 Å². The predicted octanol–water partition coefficient (Wildman–Crippen LogP) is 4.65. The van der Waals surface area contributed by atoms with Gasteiger partial charge in [0.15, 0.2) is 0 Å². The summed E-state index contributed by atoms with van der Waals surface area (Å²) in [6, 6.07) is 26.0. The van der Waals surface area contributed by atoms with Gasteiger partial charge in [0.1, 0.15) is 18.1 Å². The topological polar surface area (TPSA) is 65.0 Å². The molecule has 0 aromatic heterocycles. The minimum Gasteiger partial charge on any atom is -0.508 e. The zero-order valence-electron chi connectivity index (χ0n) is 20.8. The molecule has 0 spiro atoms. The van der Waals surface area contributed by atoms with Crippen LogP contribution in [0.3, 0.4) is 0 Å². The number of nitrogens with one attached hydrogen (secondary N) is 1. The van der Waals surface area contributed by atoms with Crippen LogP contribution in [0.2, 0.25) is 0 Å². The number of aliphatic hydroxyl groups is 1. The van der Waals surface area contributed by atoms with Gasteiger partial charge in [-0.25, -0.2) is 0 Å². The zero-order chi connectivity index (χ0) is 24.7. The standard InChI is InChI=1S/C31H36N2O3/c34-17-4-7-30(23-5-2-1-3-6-23)31(24-8-12-28(35)13-9-24)25-10-14-29(15-11-25)36-18-16-33-21-26-19-32-20-27(26)22-33/h1-3,5-6,8-15,26-27,32,34-35H,4,7,16-22H2/b31-30-/t26-,27+. The Kier molecular flexibility index (Phi) is 8.01. The monoisotopic (exact) mass is 484 g/mol. The summed E-state index contributed by atoms with van der Waals surface area (Å²) >= 11 is 0. The van der Waals surface area contributed by atoms with E-state index in [1.807, 2.05) is 42.5 Å². The molecule has 36 heavy (non-hydrogen) atoms. The molecule has 2 saturated heterocycles. The first-order valence-electron chi connectivity index (χ1n) is 13.1. The van der Waals surface area contributed by atoms with Crippen molar-refractivity contribution in [1.29, 1.82) is 0 Å². The van der Waals surface area contributed by atoms with Gasteiger partial charge in [-0.05, 0) is 89.9 Å². The molecule has 0 bridgehead atoms. The van der Waals surface area contributed by atoms with Gasteiger partial charge in [-0.15, -0.1) is 0 Å². The molecule has 2 fully saturated rings. The predicted molar refractivity (Wildman–Crippen MR) is 145 cm³/mol. The minimum absolute atomic E-state index is 0.140. The molecule has 0 unspecified atom stereocenters. The summed E-state index contributed by atoms with van der Waals surface area (Å²) in [5.74, 6) is 2.73. The lowest BCUT2D eigenvalue weighted by Crippen LogP contribution is -2.29. The molecule has 0 radical (unpaired) electrons. The van der Waals surface area contributed by atoms with Crippen molar-refractivity contribution in [2.24, 2.45) is 11.8 Å². The number of rotatable bonds is 10. The number of aliphatic hydroxyl groups excluding tert-OH is 1. The van der Waals surface area contributed by atoms with Crippen LogP contribution < -0.4 is 10.1 Å². The molecule has 0 aliphatic carbocycles. The highest BCUT2D eigenvalue weighted by molar-refractivity contribution is 5.98. The number of aromatic hydroxyl groups is 1. The third kappa shape index (κ3) is 5.81. The lowest BCUT2D eigenvalue weighted by Gasteiger charge is -2.19. The van der Waals surface area contributed by atoms with Crippen molar-refractivity contribution in [2.75, 3.05) is 45.9 Å². The largest absolute Gasteiger partial charge is 0.508 e. The Bertz CT molecular complexity index is 1130. The normalized spacial score (nSPS) is 20.2. The Morgan fingerprint density at radius 1 is 0.833 bits per heavy atom. The summed E-state index contributed by atoms with van der Waals surface area (Å²) in [5, 5.41) is 23.0. The van der Waals surface area contributed by atoms with Gasteiger partial charge in [0.25, 0.3) is 0 Å². The van der Waals surface area contributed by atoms with Gasteiger partial charge < -0.3 is 20.3 Å². The number of likely N-dealkylation sites (tertiary alicyclic amines) is 1. The van der Waals surface area contributed by atoms with Crippen LogP contribution in [0.4, 0.5) is 0 Å². The fourth-order valence-electron chi connectivity index (χ4n) is 5.60. The smallest absolute Gasteiger partial charge is 0.119 e. The average molecular weight is 485 g/mol. The number of fused-ring (bicyclic) bond motifs is 1. The van der Waals surface area contributed by atoms with E-state index in [2.05, 4.69) is 34.5 Å². The summed E-state index contributed by atoms with van der Waals surface area (Å²) in [6.07, 6.45) is 1.43. The molecule has 5 rings (SSSR count).